The number of aliphatic carboxylic acids is 1. The van der Waals surface area contributed by atoms with Gasteiger partial charge in [0.05, 0.1) is 11.1 Å². The van der Waals surface area contributed by atoms with Crippen LogP contribution in [0, 0.1) is 12.3 Å². The summed E-state index contributed by atoms with van der Waals surface area (Å²) in [6.45, 7) is 5.91. The highest BCUT2D eigenvalue weighted by atomic mass is 16.4. The molecule has 0 bridgehead atoms. The van der Waals surface area contributed by atoms with Crippen LogP contribution in [-0.2, 0) is 11.3 Å². The lowest BCUT2D eigenvalue weighted by molar-refractivity contribution is -0.151. The van der Waals surface area contributed by atoms with Gasteiger partial charge in [-0.15, -0.1) is 0 Å². The van der Waals surface area contributed by atoms with Crippen LogP contribution in [0.15, 0.2) is 12.3 Å². The lowest BCUT2D eigenvalue weighted by atomic mass is 9.82. The minimum Gasteiger partial charge on any atom is -0.481 e. The summed E-state index contributed by atoms with van der Waals surface area (Å²) in [6.07, 6.45) is 3.42. The lowest BCUT2D eigenvalue weighted by Gasteiger charge is -2.37. The van der Waals surface area contributed by atoms with E-state index in [1.165, 1.54) is 0 Å². The second kappa shape index (κ2) is 5.02. The second-order valence-corrected chi connectivity index (χ2v) is 5.28. The molecule has 0 aliphatic carbocycles. The number of carboxylic acid groups (broad SMARTS) is 1. The van der Waals surface area contributed by atoms with Crippen molar-refractivity contribution in [1.29, 1.82) is 0 Å². The third-order valence-electron chi connectivity index (χ3n) is 3.51. The highest BCUT2D eigenvalue weighted by molar-refractivity contribution is 5.74. The number of hydrogen-bond acceptors (Lipinski definition) is 4. The molecule has 0 saturated carbocycles. The molecule has 1 saturated heterocycles. The predicted molar refractivity (Wildman–Crippen MR) is 67.0 cm³/mol. The van der Waals surface area contributed by atoms with Crippen LogP contribution >= 0.6 is 0 Å². The monoisotopic (exact) mass is 249 g/mol. The van der Waals surface area contributed by atoms with Crippen molar-refractivity contribution >= 4 is 5.97 Å². The highest BCUT2D eigenvalue weighted by Gasteiger charge is 2.37. The molecule has 0 radical (unpaired) electrons. The lowest BCUT2D eigenvalue weighted by Crippen LogP contribution is -2.45. The van der Waals surface area contributed by atoms with Crippen LogP contribution in [-0.4, -0.2) is 39.0 Å². The van der Waals surface area contributed by atoms with Crippen LogP contribution in [0.2, 0.25) is 0 Å². The van der Waals surface area contributed by atoms with Gasteiger partial charge < -0.3 is 5.11 Å². The van der Waals surface area contributed by atoms with E-state index >= 15 is 0 Å². The van der Waals surface area contributed by atoms with Crippen LogP contribution in [0.1, 0.15) is 31.3 Å². The summed E-state index contributed by atoms with van der Waals surface area (Å²) < 4.78 is 0. The molecule has 2 heterocycles. The van der Waals surface area contributed by atoms with Gasteiger partial charge >= 0.3 is 5.97 Å². The van der Waals surface area contributed by atoms with E-state index in [1.54, 1.807) is 6.20 Å². The van der Waals surface area contributed by atoms with Gasteiger partial charge in [-0.2, -0.15) is 0 Å². The molecule has 1 unspecified atom stereocenters. The Morgan fingerprint density at radius 1 is 1.61 bits per heavy atom. The van der Waals surface area contributed by atoms with Crippen LogP contribution in [0.3, 0.4) is 0 Å². The van der Waals surface area contributed by atoms with Crippen molar-refractivity contribution in [3.05, 3.63) is 23.8 Å². The fraction of sp³-hybridized carbons (Fsp3) is 0.615. The van der Waals surface area contributed by atoms with Gasteiger partial charge in [0.1, 0.15) is 5.82 Å². The van der Waals surface area contributed by atoms with Crippen molar-refractivity contribution in [2.24, 2.45) is 5.41 Å². The van der Waals surface area contributed by atoms with E-state index in [1.807, 2.05) is 19.9 Å². The predicted octanol–water partition coefficient (Wildman–Crippen LogP) is 1.47. The van der Waals surface area contributed by atoms with E-state index in [4.69, 9.17) is 0 Å². The van der Waals surface area contributed by atoms with Crippen LogP contribution in [0.4, 0.5) is 0 Å². The average Bonchev–Trinajstić information content (AvgIpc) is 2.29. The van der Waals surface area contributed by atoms with E-state index in [-0.39, 0.29) is 0 Å². The van der Waals surface area contributed by atoms with Gasteiger partial charge in [-0.25, -0.2) is 9.97 Å². The summed E-state index contributed by atoms with van der Waals surface area (Å²) in [6, 6.07) is 1.89. The van der Waals surface area contributed by atoms with Gasteiger partial charge in [-0.05, 0) is 39.3 Å². The van der Waals surface area contributed by atoms with Crippen LogP contribution in [0.25, 0.3) is 0 Å². The van der Waals surface area contributed by atoms with Crippen molar-refractivity contribution in [3.8, 4) is 0 Å². The third kappa shape index (κ3) is 2.85. The fourth-order valence-electron chi connectivity index (χ4n) is 2.48. The normalized spacial score (nSPS) is 25.0. The smallest absolute Gasteiger partial charge is 0.310 e. The molecule has 2 rings (SSSR count). The molecule has 1 atom stereocenters. The molecule has 1 aliphatic heterocycles. The molecule has 0 amide bonds. The largest absolute Gasteiger partial charge is 0.481 e. The van der Waals surface area contributed by atoms with E-state index in [0.717, 1.165) is 30.9 Å². The van der Waals surface area contributed by atoms with E-state index in [9.17, 15) is 9.90 Å². The Kier molecular flexibility index (Phi) is 3.61. The standard InChI is InChI=1S/C13H19N3O2/c1-10-14-6-4-11(15-10)8-16-7-3-5-13(2,9-16)12(17)18/h4,6H,3,5,7-9H2,1-2H3,(H,17,18). The Balaban J connectivity index is 2.04. The van der Waals surface area contributed by atoms with Gasteiger partial charge in [0.2, 0.25) is 0 Å². The number of carbonyl (C=O) groups is 1. The number of rotatable bonds is 3. The van der Waals surface area contributed by atoms with Crippen molar-refractivity contribution < 1.29 is 9.90 Å². The molecule has 1 aromatic heterocycles. The Morgan fingerprint density at radius 3 is 3.06 bits per heavy atom. The van der Waals surface area contributed by atoms with Crippen molar-refractivity contribution in [1.82, 2.24) is 14.9 Å². The number of hydrogen-bond donors (Lipinski definition) is 1. The summed E-state index contributed by atoms with van der Waals surface area (Å²) in [5, 5.41) is 9.27. The van der Waals surface area contributed by atoms with Gasteiger partial charge in [-0.1, -0.05) is 0 Å². The summed E-state index contributed by atoms with van der Waals surface area (Å²) in [7, 11) is 0. The number of nitrogens with zero attached hydrogens (tertiary/aromatic N) is 3. The SMILES string of the molecule is Cc1nccc(CN2CCCC(C)(C(=O)O)C2)n1. The molecule has 18 heavy (non-hydrogen) atoms. The molecule has 0 spiro atoms. The zero-order valence-electron chi connectivity index (χ0n) is 10.9. The maximum absolute atomic E-state index is 11.3. The fourth-order valence-corrected chi connectivity index (χ4v) is 2.48. The number of piperidine rings is 1. The van der Waals surface area contributed by atoms with Crippen molar-refractivity contribution in [3.63, 3.8) is 0 Å². The van der Waals surface area contributed by atoms with Crippen LogP contribution < -0.4 is 0 Å². The quantitative estimate of drug-likeness (QED) is 0.878. The summed E-state index contributed by atoms with van der Waals surface area (Å²) in [4.78, 5) is 21.9. The number of carboxylic acids is 1. The zero-order chi connectivity index (χ0) is 13.2. The van der Waals surface area contributed by atoms with E-state index in [2.05, 4.69) is 14.9 Å². The third-order valence-corrected chi connectivity index (χ3v) is 3.51. The Bertz CT molecular complexity index is 450. The number of aromatic nitrogens is 2. The topological polar surface area (TPSA) is 66.3 Å². The first-order valence-electron chi connectivity index (χ1n) is 6.24. The summed E-state index contributed by atoms with van der Waals surface area (Å²) >= 11 is 0. The second-order valence-electron chi connectivity index (χ2n) is 5.28. The maximum atomic E-state index is 11.3. The maximum Gasteiger partial charge on any atom is 0.310 e. The molecule has 98 valence electrons. The van der Waals surface area contributed by atoms with Crippen LogP contribution in [0.5, 0.6) is 0 Å². The van der Waals surface area contributed by atoms with Gasteiger partial charge in [0, 0.05) is 19.3 Å². The number of aryl methyl sites for hydroxylation is 1. The van der Waals surface area contributed by atoms with E-state index in [0.29, 0.717) is 13.1 Å². The minimum absolute atomic E-state index is 0.589. The molecular weight excluding hydrogens is 230 g/mol. The minimum atomic E-state index is -0.703. The van der Waals surface area contributed by atoms with Gasteiger partial charge in [-0.3, -0.25) is 9.69 Å². The highest BCUT2D eigenvalue weighted by Crippen LogP contribution is 2.30. The Labute approximate surface area is 107 Å². The molecule has 1 aliphatic rings. The van der Waals surface area contributed by atoms with Crippen molar-refractivity contribution in [2.45, 2.75) is 33.2 Å². The molecule has 0 aromatic carbocycles. The Morgan fingerprint density at radius 2 is 2.39 bits per heavy atom. The van der Waals surface area contributed by atoms with Crippen molar-refractivity contribution in [2.75, 3.05) is 13.1 Å². The zero-order valence-corrected chi connectivity index (χ0v) is 10.9. The van der Waals surface area contributed by atoms with Gasteiger partial charge in [0.25, 0.3) is 0 Å². The molecule has 1 N–H and O–H groups in total. The average molecular weight is 249 g/mol. The molecule has 5 heteroatoms. The first-order valence-corrected chi connectivity index (χ1v) is 6.24. The Hall–Kier alpha value is -1.49. The molecule has 1 fully saturated rings. The first kappa shape index (κ1) is 13.0. The van der Waals surface area contributed by atoms with Gasteiger partial charge in [0.15, 0.2) is 0 Å². The molecule has 1 aromatic rings. The first-order chi connectivity index (χ1) is 8.49. The number of likely N-dealkylation sites (tertiary alicyclic amines) is 1. The molecule has 5 nitrogen and oxygen atoms in total. The summed E-state index contributed by atoms with van der Waals surface area (Å²) in [5.74, 6) is 0.0524. The summed E-state index contributed by atoms with van der Waals surface area (Å²) in [5.41, 5.74) is 0.331. The molecular formula is C13H19N3O2. The van der Waals surface area contributed by atoms with E-state index < -0.39 is 11.4 Å².